The quantitative estimate of drug-likeness (QED) is 0.861. The summed E-state index contributed by atoms with van der Waals surface area (Å²) in [6, 6.07) is 11.5. The summed E-state index contributed by atoms with van der Waals surface area (Å²) >= 11 is 1.21. The fourth-order valence-corrected chi connectivity index (χ4v) is 2.67. The normalized spacial score (nSPS) is 10.2. The molecule has 1 aromatic heterocycles. The number of anilines is 1. The van der Waals surface area contributed by atoms with Crippen molar-refractivity contribution in [3.8, 4) is 0 Å². The summed E-state index contributed by atoms with van der Waals surface area (Å²) in [6.07, 6.45) is 1.11. The number of hydrogen-bond acceptors (Lipinski definition) is 4. The molecule has 0 unspecified atom stereocenters. The molecule has 0 bridgehead atoms. The van der Waals surface area contributed by atoms with Crippen molar-refractivity contribution in [2.75, 3.05) is 12.4 Å². The monoisotopic (exact) mass is 303 g/mol. The van der Waals surface area contributed by atoms with Crippen LogP contribution in [0.2, 0.25) is 0 Å². The Morgan fingerprint density at radius 3 is 2.52 bits per heavy atom. The maximum Gasteiger partial charge on any atom is 0.348 e. The zero-order chi connectivity index (χ0) is 15.2. The number of methoxy groups -OCH3 is 1. The van der Waals surface area contributed by atoms with Gasteiger partial charge < -0.3 is 10.1 Å². The van der Waals surface area contributed by atoms with E-state index in [0.29, 0.717) is 22.7 Å². The number of thiophene rings is 1. The summed E-state index contributed by atoms with van der Waals surface area (Å²) < 4.78 is 4.63. The molecule has 0 saturated heterocycles. The van der Waals surface area contributed by atoms with E-state index in [4.69, 9.17) is 0 Å². The van der Waals surface area contributed by atoms with Gasteiger partial charge in [-0.05, 0) is 31.0 Å². The van der Waals surface area contributed by atoms with Gasteiger partial charge in [-0.25, -0.2) is 4.79 Å². The molecule has 5 heteroatoms. The SMILES string of the molecule is COC(=O)c1ccc(NC(=O)CCc2ccc(C)cc2)s1. The summed E-state index contributed by atoms with van der Waals surface area (Å²) in [4.78, 5) is 23.7. The molecule has 2 rings (SSSR count). The molecule has 0 atom stereocenters. The van der Waals surface area contributed by atoms with Crippen LogP contribution in [0.4, 0.5) is 5.00 Å². The molecule has 21 heavy (non-hydrogen) atoms. The molecule has 0 saturated carbocycles. The summed E-state index contributed by atoms with van der Waals surface area (Å²) in [5.41, 5.74) is 2.34. The lowest BCUT2D eigenvalue weighted by Crippen LogP contribution is -2.11. The van der Waals surface area contributed by atoms with E-state index in [0.717, 1.165) is 5.56 Å². The molecule has 0 radical (unpaired) electrons. The Hall–Kier alpha value is -2.14. The molecule has 0 aliphatic heterocycles. The van der Waals surface area contributed by atoms with E-state index in [1.807, 2.05) is 31.2 Å². The van der Waals surface area contributed by atoms with Crippen molar-refractivity contribution in [3.05, 3.63) is 52.4 Å². The maximum atomic E-state index is 11.9. The van der Waals surface area contributed by atoms with Gasteiger partial charge in [-0.3, -0.25) is 4.79 Å². The van der Waals surface area contributed by atoms with Crippen LogP contribution in [-0.4, -0.2) is 19.0 Å². The van der Waals surface area contributed by atoms with Crippen LogP contribution in [0.3, 0.4) is 0 Å². The molecule has 0 aliphatic carbocycles. The van der Waals surface area contributed by atoms with Crippen molar-refractivity contribution in [3.63, 3.8) is 0 Å². The number of aryl methyl sites for hydroxylation is 2. The van der Waals surface area contributed by atoms with Gasteiger partial charge in [0.2, 0.25) is 5.91 Å². The topological polar surface area (TPSA) is 55.4 Å². The zero-order valence-corrected chi connectivity index (χ0v) is 12.8. The molecule has 2 aromatic rings. The molecule has 0 spiro atoms. The molecule has 4 nitrogen and oxygen atoms in total. The molecule has 0 aliphatic rings. The standard InChI is InChI=1S/C16H17NO3S/c1-11-3-5-12(6-4-11)7-9-14(18)17-15-10-8-13(21-15)16(19)20-2/h3-6,8,10H,7,9H2,1-2H3,(H,17,18). The number of hydrogen-bond donors (Lipinski definition) is 1. The minimum absolute atomic E-state index is 0.0613. The van der Waals surface area contributed by atoms with Gasteiger partial charge in [0.15, 0.2) is 0 Å². The third kappa shape index (κ3) is 4.43. The van der Waals surface area contributed by atoms with E-state index in [9.17, 15) is 9.59 Å². The molecule has 1 heterocycles. The van der Waals surface area contributed by atoms with Crippen LogP contribution >= 0.6 is 11.3 Å². The summed E-state index contributed by atoms with van der Waals surface area (Å²) in [5, 5.41) is 3.45. The van der Waals surface area contributed by atoms with Crippen LogP contribution in [0.1, 0.15) is 27.2 Å². The highest BCUT2D eigenvalue weighted by atomic mass is 32.1. The average molecular weight is 303 g/mol. The first-order valence-corrected chi connectivity index (χ1v) is 7.43. The molecule has 0 fully saturated rings. The summed E-state index contributed by atoms with van der Waals surface area (Å²) in [5.74, 6) is -0.450. The van der Waals surface area contributed by atoms with Crippen LogP contribution in [0, 0.1) is 6.92 Å². The molecule has 110 valence electrons. The highest BCUT2D eigenvalue weighted by Gasteiger charge is 2.10. The number of carbonyl (C=O) groups is 2. The molecule has 1 amide bonds. The number of benzene rings is 1. The minimum atomic E-state index is -0.389. The Bertz CT molecular complexity index is 631. The van der Waals surface area contributed by atoms with Gasteiger partial charge >= 0.3 is 5.97 Å². The van der Waals surface area contributed by atoms with E-state index in [1.54, 1.807) is 12.1 Å². The van der Waals surface area contributed by atoms with E-state index >= 15 is 0 Å². The lowest BCUT2D eigenvalue weighted by atomic mass is 10.1. The van der Waals surface area contributed by atoms with Gasteiger partial charge in [0.1, 0.15) is 4.88 Å². The Morgan fingerprint density at radius 1 is 1.14 bits per heavy atom. The predicted octanol–water partition coefficient (Wildman–Crippen LogP) is 3.41. The highest BCUT2D eigenvalue weighted by molar-refractivity contribution is 7.18. The maximum absolute atomic E-state index is 11.9. The Balaban J connectivity index is 1.85. The van der Waals surface area contributed by atoms with E-state index in [-0.39, 0.29) is 11.9 Å². The average Bonchev–Trinajstić information content (AvgIpc) is 2.94. The van der Waals surface area contributed by atoms with Gasteiger partial charge in [-0.15, -0.1) is 11.3 Å². The fourth-order valence-electron chi connectivity index (χ4n) is 1.83. The summed E-state index contributed by atoms with van der Waals surface area (Å²) in [7, 11) is 1.34. The second-order valence-corrected chi connectivity index (χ2v) is 5.77. The number of nitrogens with one attached hydrogen (secondary N) is 1. The van der Waals surface area contributed by atoms with Crippen LogP contribution in [0.5, 0.6) is 0 Å². The minimum Gasteiger partial charge on any atom is -0.465 e. The predicted molar refractivity (Wildman–Crippen MR) is 83.8 cm³/mol. The van der Waals surface area contributed by atoms with E-state index in [2.05, 4.69) is 10.1 Å². The smallest absolute Gasteiger partial charge is 0.348 e. The third-order valence-electron chi connectivity index (χ3n) is 3.02. The largest absolute Gasteiger partial charge is 0.465 e. The van der Waals surface area contributed by atoms with Crippen molar-refractivity contribution < 1.29 is 14.3 Å². The summed E-state index contributed by atoms with van der Waals surface area (Å²) in [6.45, 7) is 2.03. The van der Waals surface area contributed by atoms with Gasteiger partial charge in [-0.2, -0.15) is 0 Å². The lowest BCUT2D eigenvalue weighted by Gasteiger charge is -2.03. The van der Waals surface area contributed by atoms with E-state index in [1.165, 1.54) is 24.0 Å². The van der Waals surface area contributed by atoms with Crippen LogP contribution in [-0.2, 0) is 16.0 Å². The van der Waals surface area contributed by atoms with Crippen molar-refractivity contribution in [1.82, 2.24) is 0 Å². The molecular weight excluding hydrogens is 286 g/mol. The number of esters is 1. The van der Waals surface area contributed by atoms with Crippen molar-refractivity contribution in [2.24, 2.45) is 0 Å². The number of amides is 1. The number of ether oxygens (including phenoxy) is 1. The van der Waals surface area contributed by atoms with Gasteiger partial charge in [-0.1, -0.05) is 29.8 Å². The first-order chi connectivity index (χ1) is 10.1. The fraction of sp³-hybridized carbons (Fsp3) is 0.250. The van der Waals surface area contributed by atoms with Crippen molar-refractivity contribution in [1.29, 1.82) is 0 Å². The van der Waals surface area contributed by atoms with Crippen LogP contribution < -0.4 is 5.32 Å². The Labute approximate surface area is 127 Å². The molecule has 1 N–H and O–H groups in total. The van der Waals surface area contributed by atoms with Gasteiger partial charge in [0.25, 0.3) is 0 Å². The zero-order valence-electron chi connectivity index (χ0n) is 12.0. The lowest BCUT2D eigenvalue weighted by molar-refractivity contribution is -0.116. The number of rotatable bonds is 5. The van der Waals surface area contributed by atoms with Crippen molar-refractivity contribution >= 4 is 28.2 Å². The second-order valence-electron chi connectivity index (χ2n) is 4.69. The van der Waals surface area contributed by atoms with Crippen LogP contribution in [0.25, 0.3) is 0 Å². The van der Waals surface area contributed by atoms with Crippen molar-refractivity contribution in [2.45, 2.75) is 19.8 Å². The molecular formula is C16H17NO3S. The Kier molecular flexibility index (Phi) is 5.11. The number of carbonyl (C=O) groups excluding carboxylic acids is 2. The van der Waals surface area contributed by atoms with Crippen LogP contribution in [0.15, 0.2) is 36.4 Å². The first kappa shape index (κ1) is 15.3. The first-order valence-electron chi connectivity index (χ1n) is 6.62. The second kappa shape index (κ2) is 7.04. The van der Waals surface area contributed by atoms with Gasteiger partial charge in [0.05, 0.1) is 12.1 Å². The van der Waals surface area contributed by atoms with E-state index < -0.39 is 0 Å². The van der Waals surface area contributed by atoms with Gasteiger partial charge in [0, 0.05) is 6.42 Å². The highest BCUT2D eigenvalue weighted by Crippen LogP contribution is 2.22. The third-order valence-corrected chi connectivity index (χ3v) is 4.00. The molecule has 1 aromatic carbocycles. The Morgan fingerprint density at radius 2 is 1.86 bits per heavy atom.